The fourth-order valence-electron chi connectivity index (χ4n) is 4.69. The van der Waals surface area contributed by atoms with Gasteiger partial charge in [-0.25, -0.2) is 4.68 Å². The lowest BCUT2D eigenvalue weighted by atomic mass is 10.1. The lowest BCUT2D eigenvalue weighted by Gasteiger charge is -2.37. The quantitative estimate of drug-likeness (QED) is 0.425. The maximum Gasteiger partial charge on any atom is 0.0649 e. The zero-order valence-corrected chi connectivity index (χ0v) is 20.2. The number of anilines is 1. The van der Waals surface area contributed by atoms with E-state index in [0.717, 1.165) is 38.3 Å². The molecule has 4 heteroatoms. The van der Waals surface area contributed by atoms with E-state index in [4.69, 9.17) is 5.10 Å². The molecule has 2 aromatic carbocycles. The van der Waals surface area contributed by atoms with E-state index in [9.17, 15) is 0 Å². The topological polar surface area (TPSA) is 24.3 Å². The molecule has 2 heterocycles. The fraction of sp³-hybridized carbons (Fsp3) is 0.464. The molecule has 32 heavy (non-hydrogen) atoms. The highest BCUT2D eigenvalue weighted by molar-refractivity contribution is 5.56. The molecule has 0 N–H and O–H groups in total. The number of unbranched alkanes of at least 4 members (excludes halogenated alkanes) is 1. The summed E-state index contributed by atoms with van der Waals surface area (Å²) < 4.78 is 2.13. The molecular formula is C28H38N4. The monoisotopic (exact) mass is 430 g/mol. The Hall–Kier alpha value is -2.59. The number of aromatic nitrogens is 2. The molecule has 0 unspecified atom stereocenters. The molecule has 0 atom stereocenters. The van der Waals surface area contributed by atoms with Crippen molar-refractivity contribution < 1.29 is 0 Å². The van der Waals surface area contributed by atoms with Crippen molar-refractivity contribution in [3.63, 3.8) is 0 Å². The van der Waals surface area contributed by atoms with Gasteiger partial charge in [-0.1, -0.05) is 44.2 Å². The van der Waals surface area contributed by atoms with Gasteiger partial charge in [0.05, 0.1) is 11.4 Å². The SMILES string of the molecule is Cc1cccc(N2CCN(CCCCc3cc(C(C)C)n(-c4ccccc4)n3)CC2)c1C. The molecule has 1 fully saturated rings. The number of benzene rings is 2. The number of hydrogen-bond acceptors (Lipinski definition) is 3. The number of hydrogen-bond donors (Lipinski definition) is 0. The Bertz CT molecular complexity index is 998. The molecule has 0 spiro atoms. The zero-order chi connectivity index (χ0) is 22.5. The van der Waals surface area contributed by atoms with Gasteiger partial charge in [-0.15, -0.1) is 0 Å². The first-order valence-electron chi connectivity index (χ1n) is 12.2. The van der Waals surface area contributed by atoms with Gasteiger partial charge in [-0.05, 0) is 81.0 Å². The molecule has 4 nitrogen and oxygen atoms in total. The fourth-order valence-corrected chi connectivity index (χ4v) is 4.69. The van der Waals surface area contributed by atoms with E-state index in [1.165, 1.54) is 47.6 Å². The normalized spacial score (nSPS) is 15.0. The van der Waals surface area contributed by atoms with Gasteiger partial charge >= 0.3 is 0 Å². The minimum absolute atomic E-state index is 0.463. The van der Waals surface area contributed by atoms with Gasteiger partial charge < -0.3 is 4.90 Å². The van der Waals surface area contributed by atoms with Crippen molar-refractivity contribution in [1.82, 2.24) is 14.7 Å². The summed E-state index contributed by atoms with van der Waals surface area (Å²) >= 11 is 0. The third-order valence-electron chi connectivity index (χ3n) is 6.83. The molecule has 1 aliphatic rings. The van der Waals surface area contributed by atoms with E-state index < -0.39 is 0 Å². The molecule has 1 aliphatic heterocycles. The van der Waals surface area contributed by atoms with E-state index in [2.05, 4.69) is 96.8 Å². The average molecular weight is 431 g/mol. The van der Waals surface area contributed by atoms with Crippen molar-refractivity contribution in [3.8, 4) is 5.69 Å². The van der Waals surface area contributed by atoms with Crippen molar-refractivity contribution in [3.05, 3.63) is 77.1 Å². The third-order valence-corrected chi connectivity index (χ3v) is 6.83. The highest BCUT2D eigenvalue weighted by atomic mass is 15.3. The van der Waals surface area contributed by atoms with E-state index in [1.807, 2.05) is 0 Å². The second-order valence-corrected chi connectivity index (χ2v) is 9.47. The molecular weight excluding hydrogens is 392 g/mol. The summed E-state index contributed by atoms with van der Waals surface area (Å²) in [6.07, 6.45) is 3.49. The largest absolute Gasteiger partial charge is 0.369 e. The second kappa shape index (κ2) is 10.4. The average Bonchev–Trinajstić information content (AvgIpc) is 3.24. The Labute approximate surface area is 193 Å². The predicted octanol–water partition coefficient (Wildman–Crippen LogP) is 5.76. The Morgan fingerprint density at radius 3 is 2.34 bits per heavy atom. The first kappa shape index (κ1) is 22.6. The van der Waals surface area contributed by atoms with Crippen LogP contribution in [0.1, 0.15) is 55.1 Å². The van der Waals surface area contributed by atoms with E-state index in [1.54, 1.807) is 0 Å². The van der Waals surface area contributed by atoms with E-state index >= 15 is 0 Å². The highest BCUT2D eigenvalue weighted by Gasteiger charge is 2.18. The number of para-hydroxylation sites is 1. The summed E-state index contributed by atoms with van der Waals surface area (Å²) in [5, 5.41) is 4.94. The molecule has 0 radical (unpaired) electrons. The minimum Gasteiger partial charge on any atom is -0.369 e. The summed E-state index contributed by atoms with van der Waals surface area (Å²) in [6.45, 7) is 14.7. The third kappa shape index (κ3) is 5.24. The van der Waals surface area contributed by atoms with Gasteiger partial charge in [0, 0.05) is 37.6 Å². The van der Waals surface area contributed by atoms with Crippen LogP contribution in [0, 0.1) is 13.8 Å². The van der Waals surface area contributed by atoms with Crippen LogP contribution < -0.4 is 4.90 Å². The maximum absolute atomic E-state index is 4.94. The smallest absolute Gasteiger partial charge is 0.0649 e. The molecule has 0 aliphatic carbocycles. The van der Waals surface area contributed by atoms with Gasteiger partial charge in [0.25, 0.3) is 0 Å². The van der Waals surface area contributed by atoms with Crippen molar-refractivity contribution in [2.24, 2.45) is 0 Å². The first-order chi connectivity index (χ1) is 15.5. The summed E-state index contributed by atoms with van der Waals surface area (Å²) in [4.78, 5) is 5.19. The van der Waals surface area contributed by atoms with Gasteiger partial charge in [0.1, 0.15) is 0 Å². The van der Waals surface area contributed by atoms with Crippen LogP contribution in [0.4, 0.5) is 5.69 Å². The van der Waals surface area contributed by atoms with E-state index in [-0.39, 0.29) is 0 Å². The number of aryl methyl sites for hydroxylation is 2. The Kier molecular flexibility index (Phi) is 7.31. The van der Waals surface area contributed by atoms with Gasteiger partial charge in [-0.3, -0.25) is 4.90 Å². The molecule has 170 valence electrons. The van der Waals surface area contributed by atoms with Crippen LogP contribution in [0.3, 0.4) is 0 Å². The zero-order valence-electron chi connectivity index (χ0n) is 20.2. The minimum atomic E-state index is 0.463. The lowest BCUT2D eigenvalue weighted by molar-refractivity contribution is 0.253. The lowest BCUT2D eigenvalue weighted by Crippen LogP contribution is -2.46. The number of nitrogens with zero attached hydrogens (tertiary/aromatic N) is 4. The molecule has 0 amide bonds. The Morgan fingerprint density at radius 2 is 1.62 bits per heavy atom. The van der Waals surface area contributed by atoms with Crippen LogP contribution in [-0.2, 0) is 6.42 Å². The van der Waals surface area contributed by atoms with Gasteiger partial charge in [0.15, 0.2) is 0 Å². The van der Waals surface area contributed by atoms with Gasteiger partial charge in [0.2, 0.25) is 0 Å². The molecule has 4 rings (SSSR count). The molecule has 0 bridgehead atoms. The van der Waals surface area contributed by atoms with Crippen molar-refractivity contribution in [2.75, 3.05) is 37.6 Å². The van der Waals surface area contributed by atoms with Crippen LogP contribution in [0.2, 0.25) is 0 Å². The summed E-state index contributed by atoms with van der Waals surface area (Å²) in [5.41, 5.74) is 7.91. The van der Waals surface area contributed by atoms with Crippen molar-refractivity contribution in [2.45, 2.75) is 52.9 Å². The van der Waals surface area contributed by atoms with Crippen molar-refractivity contribution >= 4 is 5.69 Å². The summed E-state index contributed by atoms with van der Waals surface area (Å²) in [6, 6.07) is 19.5. The molecule has 1 saturated heterocycles. The van der Waals surface area contributed by atoms with Crippen molar-refractivity contribution in [1.29, 1.82) is 0 Å². The molecule has 0 saturated carbocycles. The molecule has 1 aromatic heterocycles. The number of rotatable bonds is 8. The first-order valence-corrected chi connectivity index (χ1v) is 12.2. The van der Waals surface area contributed by atoms with Crippen LogP contribution in [-0.4, -0.2) is 47.4 Å². The van der Waals surface area contributed by atoms with Crippen LogP contribution in [0.25, 0.3) is 5.69 Å². The molecule has 3 aromatic rings. The predicted molar refractivity (Wildman–Crippen MR) is 135 cm³/mol. The van der Waals surface area contributed by atoms with Crippen LogP contribution >= 0.6 is 0 Å². The second-order valence-electron chi connectivity index (χ2n) is 9.47. The Morgan fingerprint density at radius 1 is 0.875 bits per heavy atom. The number of piperazine rings is 1. The van der Waals surface area contributed by atoms with E-state index in [0.29, 0.717) is 5.92 Å². The van der Waals surface area contributed by atoms with Crippen LogP contribution in [0.5, 0.6) is 0 Å². The maximum atomic E-state index is 4.94. The van der Waals surface area contributed by atoms with Crippen LogP contribution in [0.15, 0.2) is 54.6 Å². The summed E-state index contributed by atoms with van der Waals surface area (Å²) in [7, 11) is 0. The Balaban J connectivity index is 1.25. The summed E-state index contributed by atoms with van der Waals surface area (Å²) in [5.74, 6) is 0.463. The standard InChI is InChI=1S/C28H38N4/c1-22(2)28-21-25(29-32(28)26-13-6-5-7-14-26)12-8-9-16-30-17-19-31(20-18-30)27-15-10-11-23(3)24(27)4/h5-7,10-11,13-15,21-22H,8-9,12,16-20H2,1-4H3. The highest BCUT2D eigenvalue weighted by Crippen LogP contribution is 2.24. The van der Waals surface area contributed by atoms with Gasteiger partial charge in [-0.2, -0.15) is 5.10 Å².